The fourth-order valence-electron chi connectivity index (χ4n) is 1.39. The molecule has 0 saturated carbocycles. The van der Waals surface area contributed by atoms with E-state index in [0.717, 1.165) is 6.07 Å². The van der Waals surface area contributed by atoms with Crippen LogP contribution in [0.15, 0.2) is 12.3 Å². The molecule has 8 heteroatoms. The number of nitrogens with zero attached hydrogens (tertiary/aromatic N) is 2. The Morgan fingerprint density at radius 2 is 2.22 bits per heavy atom. The van der Waals surface area contributed by atoms with Gasteiger partial charge in [0, 0.05) is 12.3 Å². The third kappa shape index (κ3) is 3.30. The molecule has 0 aliphatic rings. The van der Waals surface area contributed by atoms with Gasteiger partial charge in [0.05, 0.1) is 9.95 Å². The molecule has 7 nitrogen and oxygen atoms in total. The molecule has 1 aromatic heterocycles. The summed E-state index contributed by atoms with van der Waals surface area (Å²) in [6.07, 6.45) is 1.26. The van der Waals surface area contributed by atoms with E-state index in [2.05, 4.69) is 10.3 Å². The van der Waals surface area contributed by atoms with Gasteiger partial charge in [0.25, 0.3) is 0 Å². The molecule has 98 valence electrons. The van der Waals surface area contributed by atoms with Crippen molar-refractivity contribution in [2.75, 3.05) is 5.32 Å². The number of carbonyl (C=O) groups excluding carboxylic acids is 1. The van der Waals surface area contributed by atoms with Gasteiger partial charge in [0.1, 0.15) is 6.04 Å². The minimum atomic E-state index is -0.739. The van der Waals surface area contributed by atoms with Crippen LogP contribution in [0.25, 0.3) is 0 Å². The zero-order valence-corrected chi connectivity index (χ0v) is 10.6. The monoisotopic (exact) mass is 272 g/mol. The van der Waals surface area contributed by atoms with Crippen LogP contribution >= 0.6 is 11.6 Å². The molecule has 1 amide bonds. The van der Waals surface area contributed by atoms with E-state index < -0.39 is 16.9 Å². The summed E-state index contributed by atoms with van der Waals surface area (Å²) in [5.41, 5.74) is 4.92. The lowest BCUT2D eigenvalue weighted by Crippen LogP contribution is -2.39. The molecule has 1 atom stereocenters. The fourth-order valence-corrected chi connectivity index (χ4v) is 1.54. The van der Waals surface area contributed by atoms with Crippen molar-refractivity contribution in [1.29, 1.82) is 0 Å². The predicted octanol–water partition coefficient (Wildman–Crippen LogP) is 1.56. The molecule has 0 spiro atoms. The Hall–Kier alpha value is -1.89. The number of aromatic nitrogens is 1. The number of hydrogen-bond donors (Lipinski definition) is 2. The van der Waals surface area contributed by atoms with Gasteiger partial charge < -0.3 is 11.1 Å². The summed E-state index contributed by atoms with van der Waals surface area (Å²) in [6, 6.07) is 0.423. The highest BCUT2D eigenvalue weighted by Gasteiger charge is 2.24. The molecule has 0 aromatic carbocycles. The summed E-state index contributed by atoms with van der Waals surface area (Å²) in [7, 11) is 0. The van der Waals surface area contributed by atoms with Crippen molar-refractivity contribution >= 4 is 29.0 Å². The van der Waals surface area contributed by atoms with Gasteiger partial charge in [-0.2, -0.15) is 0 Å². The van der Waals surface area contributed by atoms with E-state index in [1.807, 2.05) is 0 Å². The van der Waals surface area contributed by atoms with Gasteiger partial charge in [-0.1, -0.05) is 25.4 Å². The molecular formula is C10H13ClN4O3. The van der Waals surface area contributed by atoms with Crippen molar-refractivity contribution in [3.05, 3.63) is 27.4 Å². The minimum Gasteiger partial charge on any atom is -0.368 e. The van der Waals surface area contributed by atoms with Crippen LogP contribution in [0, 0.1) is 16.0 Å². The maximum atomic E-state index is 11.2. The summed E-state index contributed by atoms with van der Waals surface area (Å²) < 4.78 is 0. The number of halogens is 1. The Morgan fingerprint density at radius 3 is 2.67 bits per heavy atom. The van der Waals surface area contributed by atoms with E-state index in [1.54, 1.807) is 13.8 Å². The molecule has 1 aromatic rings. The highest BCUT2D eigenvalue weighted by Crippen LogP contribution is 2.26. The highest BCUT2D eigenvalue weighted by atomic mass is 35.5. The maximum Gasteiger partial charge on any atom is 0.312 e. The van der Waals surface area contributed by atoms with Crippen molar-refractivity contribution in [1.82, 2.24) is 4.98 Å². The lowest BCUT2D eigenvalue weighted by molar-refractivity contribution is -0.384. The van der Waals surface area contributed by atoms with Crippen LogP contribution < -0.4 is 11.1 Å². The SMILES string of the molecule is CC(C)C(Nc1ncc(Cl)cc1[N+](=O)[O-])C(N)=O. The zero-order valence-electron chi connectivity index (χ0n) is 9.88. The number of primary amides is 1. The molecule has 0 saturated heterocycles. The molecule has 0 fully saturated rings. The summed E-state index contributed by atoms with van der Waals surface area (Å²) >= 11 is 5.64. The number of rotatable bonds is 5. The molecule has 0 radical (unpaired) electrons. The van der Waals surface area contributed by atoms with Crippen molar-refractivity contribution in [3.63, 3.8) is 0 Å². The summed E-state index contributed by atoms with van der Waals surface area (Å²) in [6.45, 7) is 3.54. The quantitative estimate of drug-likeness (QED) is 0.624. The first-order valence-electron chi connectivity index (χ1n) is 5.18. The second-order valence-corrected chi connectivity index (χ2v) is 4.48. The van der Waals surface area contributed by atoms with Gasteiger partial charge in [-0.25, -0.2) is 4.98 Å². The third-order valence-electron chi connectivity index (χ3n) is 2.30. The first kappa shape index (κ1) is 14.2. The van der Waals surface area contributed by atoms with Crippen LogP contribution in [0.4, 0.5) is 11.5 Å². The molecule has 1 rings (SSSR count). The minimum absolute atomic E-state index is 0.0260. The first-order valence-corrected chi connectivity index (χ1v) is 5.56. The van der Waals surface area contributed by atoms with Crippen LogP contribution in [0.2, 0.25) is 5.02 Å². The second-order valence-electron chi connectivity index (χ2n) is 4.05. The number of nitrogens with one attached hydrogen (secondary N) is 1. The molecule has 1 heterocycles. The number of carbonyl (C=O) groups is 1. The van der Waals surface area contributed by atoms with Crippen molar-refractivity contribution in [2.24, 2.45) is 11.7 Å². The van der Waals surface area contributed by atoms with Crippen LogP contribution in [0.1, 0.15) is 13.8 Å². The van der Waals surface area contributed by atoms with E-state index in [-0.39, 0.29) is 22.4 Å². The fraction of sp³-hybridized carbons (Fsp3) is 0.400. The number of anilines is 1. The Kier molecular flexibility index (Phi) is 4.43. The number of hydrogen-bond acceptors (Lipinski definition) is 5. The normalized spacial score (nSPS) is 12.2. The highest BCUT2D eigenvalue weighted by molar-refractivity contribution is 6.30. The van der Waals surface area contributed by atoms with E-state index >= 15 is 0 Å². The van der Waals surface area contributed by atoms with E-state index in [0.29, 0.717) is 0 Å². The standard InChI is InChI=1S/C10H13ClN4O3/c1-5(2)8(9(12)16)14-10-7(15(17)18)3-6(11)4-13-10/h3-5,8H,1-2H3,(H2,12,16)(H,13,14). The summed E-state index contributed by atoms with van der Waals surface area (Å²) in [5, 5.41) is 13.7. The van der Waals surface area contributed by atoms with Crippen LogP contribution in [-0.2, 0) is 4.79 Å². The smallest absolute Gasteiger partial charge is 0.312 e. The average molecular weight is 273 g/mol. The Bertz CT molecular complexity index is 478. The van der Waals surface area contributed by atoms with Crippen molar-refractivity contribution in [2.45, 2.75) is 19.9 Å². The van der Waals surface area contributed by atoms with Crippen LogP contribution in [0.3, 0.4) is 0 Å². The van der Waals surface area contributed by atoms with Gasteiger partial charge >= 0.3 is 5.69 Å². The van der Waals surface area contributed by atoms with Gasteiger partial charge in [0.2, 0.25) is 11.7 Å². The Balaban J connectivity index is 3.10. The van der Waals surface area contributed by atoms with Crippen molar-refractivity contribution < 1.29 is 9.72 Å². The van der Waals surface area contributed by atoms with Gasteiger partial charge in [-0.3, -0.25) is 14.9 Å². The third-order valence-corrected chi connectivity index (χ3v) is 2.50. The molecule has 3 N–H and O–H groups in total. The molecule has 0 bridgehead atoms. The number of nitrogens with two attached hydrogens (primary N) is 1. The Labute approximate surface area is 108 Å². The molecule has 0 aliphatic carbocycles. The number of nitro groups is 1. The van der Waals surface area contributed by atoms with Crippen LogP contribution in [0.5, 0.6) is 0 Å². The molecular weight excluding hydrogens is 260 g/mol. The summed E-state index contributed by atoms with van der Waals surface area (Å²) in [4.78, 5) is 25.3. The lowest BCUT2D eigenvalue weighted by atomic mass is 10.0. The molecule has 0 aliphatic heterocycles. The van der Waals surface area contributed by atoms with Gasteiger partial charge in [-0.15, -0.1) is 0 Å². The van der Waals surface area contributed by atoms with Crippen molar-refractivity contribution in [3.8, 4) is 0 Å². The zero-order chi connectivity index (χ0) is 13.9. The maximum absolute atomic E-state index is 11.2. The van der Waals surface area contributed by atoms with Crippen LogP contribution in [-0.4, -0.2) is 21.9 Å². The molecule has 18 heavy (non-hydrogen) atoms. The van der Waals surface area contributed by atoms with E-state index in [9.17, 15) is 14.9 Å². The van der Waals surface area contributed by atoms with E-state index in [4.69, 9.17) is 17.3 Å². The second kappa shape index (κ2) is 5.63. The molecule has 1 unspecified atom stereocenters. The van der Waals surface area contributed by atoms with Gasteiger partial charge in [-0.05, 0) is 5.92 Å². The topological polar surface area (TPSA) is 111 Å². The lowest BCUT2D eigenvalue weighted by Gasteiger charge is -2.19. The first-order chi connectivity index (χ1) is 8.32. The number of pyridine rings is 1. The van der Waals surface area contributed by atoms with E-state index in [1.165, 1.54) is 6.20 Å². The largest absolute Gasteiger partial charge is 0.368 e. The van der Waals surface area contributed by atoms with Gasteiger partial charge in [0.15, 0.2) is 0 Å². The summed E-state index contributed by atoms with van der Waals surface area (Å²) in [5.74, 6) is -0.752. The Morgan fingerprint density at radius 1 is 1.61 bits per heavy atom. The predicted molar refractivity (Wildman–Crippen MR) is 67.3 cm³/mol. The average Bonchev–Trinajstić information content (AvgIpc) is 2.25. The number of amides is 1.